The van der Waals surface area contributed by atoms with Crippen LogP contribution in [0.2, 0.25) is 0 Å². The summed E-state index contributed by atoms with van der Waals surface area (Å²) in [6, 6.07) is 9.72. The smallest absolute Gasteiger partial charge is 0.227 e. The number of nitrogens with zero attached hydrogens (tertiary/aromatic N) is 5. The first-order chi connectivity index (χ1) is 14.5. The number of rotatable bonds is 7. The van der Waals surface area contributed by atoms with Gasteiger partial charge in [-0.3, -0.25) is 9.48 Å². The molecule has 3 heterocycles. The third kappa shape index (κ3) is 4.14. The fourth-order valence-corrected chi connectivity index (χ4v) is 3.26. The van der Waals surface area contributed by atoms with Crippen molar-refractivity contribution in [2.45, 2.75) is 26.7 Å². The number of hydrogen-bond acceptors (Lipinski definition) is 7. The summed E-state index contributed by atoms with van der Waals surface area (Å²) in [5, 5.41) is 16.3. The Morgan fingerprint density at radius 3 is 2.83 bits per heavy atom. The molecule has 4 rings (SSSR count). The number of nitrogens with one attached hydrogen (secondary N) is 2. The molecule has 9 nitrogen and oxygen atoms in total. The van der Waals surface area contributed by atoms with Crippen LogP contribution in [0.15, 0.2) is 41.1 Å². The van der Waals surface area contributed by atoms with Gasteiger partial charge in [-0.25, -0.2) is 4.98 Å². The molecule has 0 spiro atoms. The van der Waals surface area contributed by atoms with Gasteiger partial charge in [0.15, 0.2) is 5.82 Å². The molecular weight excluding hydrogens is 382 g/mol. The third-order valence-electron chi connectivity index (χ3n) is 4.80. The van der Waals surface area contributed by atoms with Crippen molar-refractivity contribution in [1.29, 1.82) is 0 Å². The maximum atomic E-state index is 12.3. The lowest BCUT2D eigenvalue weighted by Gasteiger charge is -2.09. The van der Waals surface area contributed by atoms with Crippen LogP contribution in [0.25, 0.3) is 22.2 Å². The van der Waals surface area contributed by atoms with E-state index in [-0.39, 0.29) is 5.91 Å². The first kappa shape index (κ1) is 19.6. The molecule has 1 aromatic carbocycles. The van der Waals surface area contributed by atoms with Crippen LogP contribution in [0.3, 0.4) is 0 Å². The number of carbonyl (C=O) groups excluding carboxylic acids is 1. The number of aromatic nitrogens is 5. The van der Waals surface area contributed by atoms with E-state index >= 15 is 0 Å². The Labute approximate surface area is 173 Å². The van der Waals surface area contributed by atoms with Gasteiger partial charge in [0.2, 0.25) is 17.6 Å². The molecule has 4 aromatic rings. The van der Waals surface area contributed by atoms with Gasteiger partial charge in [-0.05, 0) is 23.9 Å². The van der Waals surface area contributed by atoms with Crippen LogP contribution in [-0.4, -0.2) is 37.4 Å². The van der Waals surface area contributed by atoms with E-state index in [9.17, 15) is 4.79 Å². The van der Waals surface area contributed by atoms with Crippen molar-refractivity contribution < 1.29 is 9.32 Å². The van der Waals surface area contributed by atoms with Crippen molar-refractivity contribution in [1.82, 2.24) is 24.9 Å². The van der Waals surface area contributed by atoms with Crippen LogP contribution in [0.4, 0.5) is 11.6 Å². The van der Waals surface area contributed by atoms with Gasteiger partial charge in [-0.1, -0.05) is 24.2 Å². The van der Waals surface area contributed by atoms with Gasteiger partial charge < -0.3 is 15.2 Å². The largest absolute Gasteiger partial charge is 0.369 e. The molecule has 2 N–H and O–H groups in total. The fourth-order valence-electron chi connectivity index (χ4n) is 3.26. The lowest BCUT2D eigenvalue weighted by atomic mass is 10.1. The fraction of sp³-hybridized carbons (Fsp3) is 0.286. The zero-order valence-corrected chi connectivity index (χ0v) is 17.1. The van der Waals surface area contributed by atoms with Crippen molar-refractivity contribution >= 4 is 28.3 Å². The number of benzene rings is 1. The maximum Gasteiger partial charge on any atom is 0.227 e. The molecule has 0 saturated heterocycles. The van der Waals surface area contributed by atoms with Gasteiger partial charge in [-0.15, -0.1) is 0 Å². The summed E-state index contributed by atoms with van der Waals surface area (Å²) in [4.78, 5) is 21.0. The molecule has 3 aromatic heterocycles. The highest BCUT2D eigenvalue weighted by atomic mass is 16.5. The summed E-state index contributed by atoms with van der Waals surface area (Å²) in [5.41, 5.74) is 1.91. The molecule has 0 saturated carbocycles. The van der Waals surface area contributed by atoms with Crippen molar-refractivity contribution in [2.24, 2.45) is 7.05 Å². The summed E-state index contributed by atoms with van der Waals surface area (Å²) in [6.45, 7) is 4.25. The van der Waals surface area contributed by atoms with Crippen molar-refractivity contribution in [3.63, 3.8) is 0 Å². The quantitative estimate of drug-likeness (QED) is 0.485. The molecule has 1 amide bonds. The van der Waals surface area contributed by atoms with Gasteiger partial charge in [0.25, 0.3) is 0 Å². The first-order valence-corrected chi connectivity index (χ1v) is 9.79. The van der Waals surface area contributed by atoms with Crippen molar-refractivity contribution in [2.75, 3.05) is 17.2 Å². The van der Waals surface area contributed by atoms with Crippen LogP contribution in [-0.2, 0) is 18.3 Å². The van der Waals surface area contributed by atoms with Crippen LogP contribution in [0.1, 0.15) is 24.9 Å². The summed E-state index contributed by atoms with van der Waals surface area (Å²) in [7, 11) is 1.87. The molecule has 0 atom stereocenters. The van der Waals surface area contributed by atoms with Gasteiger partial charge in [0, 0.05) is 55.8 Å². The van der Waals surface area contributed by atoms with Gasteiger partial charge >= 0.3 is 0 Å². The van der Waals surface area contributed by atoms with E-state index in [1.165, 1.54) is 0 Å². The molecule has 154 valence electrons. The van der Waals surface area contributed by atoms with Crippen molar-refractivity contribution in [3.8, 4) is 11.4 Å². The molecule has 0 radical (unpaired) electrons. The minimum Gasteiger partial charge on any atom is -0.369 e. The van der Waals surface area contributed by atoms with E-state index in [2.05, 4.69) is 37.8 Å². The van der Waals surface area contributed by atoms with Crippen LogP contribution >= 0.6 is 0 Å². The van der Waals surface area contributed by atoms with E-state index < -0.39 is 0 Å². The molecule has 0 unspecified atom stereocenters. The predicted octanol–water partition coefficient (Wildman–Crippen LogP) is 3.33. The van der Waals surface area contributed by atoms with Crippen LogP contribution in [0, 0.1) is 6.92 Å². The number of aryl methyl sites for hydroxylation is 3. The Hall–Kier alpha value is -3.75. The minimum atomic E-state index is -0.105. The van der Waals surface area contributed by atoms with Gasteiger partial charge in [0.05, 0.1) is 0 Å². The Morgan fingerprint density at radius 2 is 2.10 bits per heavy atom. The topological polar surface area (TPSA) is 111 Å². The second-order valence-corrected chi connectivity index (χ2v) is 6.96. The van der Waals surface area contributed by atoms with Gasteiger partial charge in [0.1, 0.15) is 5.82 Å². The summed E-state index contributed by atoms with van der Waals surface area (Å²) in [6.07, 6.45) is 2.89. The zero-order valence-electron chi connectivity index (χ0n) is 17.1. The number of pyridine rings is 1. The molecule has 0 aliphatic carbocycles. The summed E-state index contributed by atoms with van der Waals surface area (Å²) >= 11 is 0. The summed E-state index contributed by atoms with van der Waals surface area (Å²) < 4.78 is 6.85. The maximum absolute atomic E-state index is 12.3. The monoisotopic (exact) mass is 405 g/mol. The number of hydrogen-bond donors (Lipinski definition) is 2. The first-order valence-electron chi connectivity index (χ1n) is 9.79. The molecule has 0 aliphatic heterocycles. The standard InChI is InChI=1S/C21H23N7O2/c1-4-16-12-18(26-28(16)3)25-19(29)8-10-23-21-17-11-15(20-24-13(2)30-27-20)6-5-14(17)7-9-22-21/h5-7,9,11-12H,4,8,10H2,1-3H3,(H,22,23)(H,25,26,29). The molecule has 0 bridgehead atoms. The SMILES string of the molecule is CCc1cc(NC(=O)CCNc2nccc3ccc(-c4noc(C)n4)cc23)nn1C. The second-order valence-electron chi connectivity index (χ2n) is 6.96. The minimum absolute atomic E-state index is 0.105. The number of amides is 1. The molecule has 9 heteroatoms. The molecular formula is C21H23N7O2. The molecule has 30 heavy (non-hydrogen) atoms. The Balaban J connectivity index is 1.43. The number of carbonyl (C=O) groups is 1. The third-order valence-corrected chi connectivity index (χ3v) is 4.80. The Bertz CT molecular complexity index is 1200. The van der Waals surface area contributed by atoms with Crippen molar-refractivity contribution in [3.05, 3.63) is 48.1 Å². The van der Waals surface area contributed by atoms with E-state index in [4.69, 9.17) is 4.52 Å². The highest BCUT2D eigenvalue weighted by Crippen LogP contribution is 2.26. The van der Waals surface area contributed by atoms with E-state index in [0.29, 0.717) is 36.3 Å². The van der Waals surface area contributed by atoms with E-state index in [1.807, 2.05) is 37.4 Å². The highest BCUT2D eigenvalue weighted by Gasteiger charge is 2.11. The predicted molar refractivity (Wildman–Crippen MR) is 114 cm³/mol. The number of anilines is 2. The molecule has 0 aliphatic rings. The summed E-state index contributed by atoms with van der Waals surface area (Å²) in [5.74, 6) is 2.22. The average Bonchev–Trinajstić information content (AvgIpc) is 3.32. The molecule has 0 fully saturated rings. The lowest BCUT2D eigenvalue weighted by molar-refractivity contribution is -0.116. The Morgan fingerprint density at radius 1 is 1.23 bits per heavy atom. The van der Waals surface area contributed by atoms with Gasteiger partial charge in [-0.2, -0.15) is 10.1 Å². The lowest BCUT2D eigenvalue weighted by Crippen LogP contribution is -2.17. The second kappa shape index (κ2) is 8.32. The number of fused-ring (bicyclic) bond motifs is 1. The van der Waals surface area contributed by atoms with Crippen LogP contribution < -0.4 is 10.6 Å². The average molecular weight is 405 g/mol. The zero-order chi connectivity index (χ0) is 21.1. The Kier molecular flexibility index (Phi) is 5.42. The highest BCUT2D eigenvalue weighted by molar-refractivity contribution is 5.95. The normalized spacial score (nSPS) is 11.0. The van der Waals surface area contributed by atoms with E-state index in [1.54, 1.807) is 17.8 Å². The van der Waals surface area contributed by atoms with Crippen LogP contribution in [0.5, 0.6) is 0 Å². The van der Waals surface area contributed by atoms with E-state index in [0.717, 1.165) is 28.5 Å².